The van der Waals surface area contributed by atoms with Crippen LogP contribution in [-0.4, -0.2) is 5.91 Å². The minimum Gasteiger partial charge on any atom is -0.326 e. The number of nitrogens with one attached hydrogen (secondary N) is 1. The molecule has 3 nitrogen and oxygen atoms in total. The fourth-order valence-corrected chi connectivity index (χ4v) is 1.78. The van der Waals surface area contributed by atoms with Crippen LogP contribution in [-0.2, 0) is 16.8 Å². The Morgan fingerprint density at radius 1 is 1.33 bits per heavy atom. The highest BCUT2D eigenvalue weighted by atomic mass is 16.1. The zero-order chi connectivity index (χ0) is 11.1. The van der Waals surface area contributed by atoms with Gasteiger partial charge in [-0.3, -0.25) is 4.79 Å². The maximum Gasteiger partial charge on any atom is 0.224 e. The van der Waals surface area contributed by atoms with E-state index >= 15 is 0 Å². The molecule has 0 aromatic heterocycles. The Morgan fingerprint density at radius 3 is 2.73 bits per heavy atom. The molecule has 0 fully saturated rings. The lowest BCUT2D eigenvalue weighted by Gasteiger charge is -2.23. The molecule has 0 spiro atoms. The van der Waals surface area contributed by atoms with Gasteiger partial charge >= 0.3 is 0 Å². The molecule has 1 aliphatic heterocycles. The topological polar surface area (TPSA) is 55.1 Å². The molecule has 80 valence electrons. The number of aryl methyl sites for hydroxylation is 1. The highest BCUT2D eigenvalue weighted by Crippen LogP contribution is 2.27. The highest BCUT2D eigenvalue weighted by Gasteiger charge is 2.19. The Labute approximate surface area is 89.7 Å². The molecular formula is C12H16N2O. The first-order valence-corrected chi connectivity index (χ1v) is 5.19. The summed E-state index contributed by atoms with van der Waals surface area (Å²) in [7, 11) is 0. The Bertz CT molecular complexity index is 405. The molecule has 0 saturated carbocycles. The summed E-state index contributed by atoms with van der Waals surface area (Å²) in [5.74, 6) is 0.0993. The van der Waals surface area contributed by atoms with E-state index in [-0.39, 0.29) is 11.4 Å². The third-order valence-corrected chi connectivity index (χ3v) is 2.74. The molecule has 1 amide bonds. The summed E-state index contributed by atoms with van der Waals surface area (Å²) in [5.41, 5.74) is 8.93. The van der Waals surface area contributed by atoms with Crippen molar-refractivity contribution in [3.63, 3.8) is 0 Å². The third kappa shape index (κ3) is 2.02. The molecule has 1 aromatic rings. The average molecular weight is 204 g/mol. The monoisotopic (exact) mass is 204 g/mol. The second-order valence-corrected chi connectivity index (χ2v) is 4.64. The number of carbonyl (C=O) groups excluding carboxylic acids is 1. The standard InChI is InChI=1S/C12H16N2O/c1-12(2,13)9-4-5-10-8(7-9)3-6-11(15)14-10/h4-5,7H,3,6,13H2,1-2H3,(H,14,15). The Kier molecular flexibility index (Phi) is 2.27. The van der Waals surface area contributed by atoms with Crippen molar-refractivity contribution in [3.05, 3.63) is 29.3 Å². The van der Waals surface area contributed by atoms with Crippen LogP contribution in [0.1, 0.15) is 31.4 Å². The van der Waals surface area contributed by atoms with E-state index in [9.17, 15) is 4.79 Å². The first-order valence-electron chi connectivity index (χ1n) is 5.19. The van der Waals surface area contributed by atoms with Gasteiger partial charge in [-0.2, -0.15) is 0 Å². The van der Waals surface area contributed by atoms with Gasteiger partial charge < -0.3 is 11.1 Å². The fourth-order valence-electron chi connectivity index (χ4n) is 1.78. The smallest absolute Gasteiger partial charge is 0.224 e. The summed E-state index contributed by atoms with van der Waals surface area (Å²) in [6.07, 6.45) is 1.38. The second-order valence-electron chi connectivity index (χ2n) is 4.64. The molecule has 15 heavy (non-hydrogen) atoms. The highest BCUT2D eigenvalue weighted by molar-refractivity contribution is 5.93. The third-order valence-electron chi connectivity index (χ3n) is 2.74. The first kappa shape index (κ1) is 10.2. The predicted molar refractivity (Wildman–Crippen MR) is 60.6 cm³/mol. The zero-order valence-electron chi connectivity index (χ0n) is 9.13. The van der Waals surface area contributed by atoms with Crippen molar-refractivity contribution in [2.24, 2.45) is 5.73 Å². The molecule has 1 aliphatic rings. The molecule has 0 bridgehead atoms. The molecular weight excluding hydrogens is 188 g/mol. The molecule has 0 unspecified atom stereocenters. The van der Waals surface area contributed by atoms with Crippen LogP contribution in [0.2, 0.25) is 0 Å². The fraction of sp³-hybridized carbons (Fsp3) is 0.417. The van der Waals surface area contributed by atoms with Crippen molar-refractivity contribution in [2.45, 2.75) is 32.2 Å². The number of amides is 1. The molecule has 0 atom stereocenters. The second kappa shape index (κ2) is 3.35. The lowest BCUT2D eigenvalue weighted by molar-refractivity contribution is -0.116. The largest absolute Gasteiger partial charge is 0.326 e. The summed E-state index contributed by atoms with van der Waals surface area (Å²) in [6.45, 7) is 3.96. The van der Waals surface area contributed by atoms with Crippen molar-refractivity contribution in [3.8, 4) is 0 Å². The first-order chi connectivity index (χ1) is 6.97. The number of hydrogen-bond donors (Lipinski definition) is 2. The van der Waals surface area contributed by atoms with Crippen molar-refractivity contribution in [1.29, 1.82) is 0 Å². The minimum absolute atomic E-state index is 0.0993. The summed E-state index contributed by atoms with van der Waals surface area (Å²) < 4.78 is 0. The van der Waals surface area contributed by atoms with E-state index in [2.05, 4.69) is 11.4 Å². The van der Waals surface area contributed by atoms with Gasteiger partial charge in [0.25, 0.3) is 0 Å². The van der Waals surface area contributed by atoms with Crippen LogP contribution < -0.4 is 11.1 Å². The van der Waals surface area contributed by atoms with E-state index in [4.69, 9.17) is 5.73 Å². The van der Waals surface area contributed by atoms with E-state index in [0.717, 1.165) is 17.7 Å². The van der Waals surface area contributed by atoms with Gasteiger partial charge in [0, 0.05) is 17.6 Å². The number of rotatable bonds is 1. The molecule has 0 saturated heterocycles. The molecule has 1 heterocycles. The van der Waals surface area contributed by atoms with Gasteiger partial charge in [0.15, 0.2) is 0 Å². The molecule has 3 heteroatoms. The molecule has 0 aliphatic carbocycles. The van der Waals surface area contributed by atoms with Crippen LogP contribution in [0.25, 0.3) is 0 Å². The SMILES string of the molecule is CC(C)(N)c1ccc2c(c1)CCC(=O)N2. The molecule has 3 N–H and O–H groups in total. The van der Waals surface area contributed by atoms with Gasteiger partial charge in [0.2, 0.25) is 5.91 Å². The summed E-state index contributed by atoms with van der Waals surface area (Å²) in [5, 5.41) is 2.86. The maximum atomic E-state index is 11.2. The number of carbonyl (C=O) groups is 1. The van der Waals surface area contributed by atoms with Crippen LogP contribution >= 0.6 is 0 Å². The zero-order valence-corrected chi connectivity index (χ0v) is 9.13. The van der Waals surface area contributed by atoms with E-state index < -0.39 is 0 Å². The van der Waals surface area contributed by atoms with Crippen LogP contribution in [0.5, 0.6) is 0 Å². The van der Waals surface area contributed by atoms with Crippen molar-refractivity contribution in [1.82, 2.24) is 0 Å². The van der Waals surface area contributed by atoms with Crippen LogP contribution in [0, 0.1) is 0 Å². The summed E-state index contributed by atoms with van der Waals surface area (Å²) in [4.78, 5) is 11.2. The summed E-state index contributed by atoms with van der Waals surface area (Å²) in [6, 6.07) is 6.01. The molecule has 2 rings (SSSR count). The molecule has 1 aromatic carbocycles. The Morgan fingerprint density at radius 2 is 2.07 bits per heavy atom. The number of benzene rings is 1. The van der Waals surface area contributed by atoms with Crippen molar-refractivity contribution < 1.29 is 4.79 Å². The molecule has 0 radical (unpaired) electrons. The predicted octanol–water partition coefficient (Wildman–Crippen LogP) is 1.77. The van der Waals surface area contributed by atoms with E-state index in [1.165, 1.54) is 5.56 Å². The van der Waals surface area contributed by atoms with Crippen molar-refractivity contribution in [2.75, 3.05) is 5.32 Å². The van der Waals surface area contributed by atoms with Gasteiger partial charge in [0.05, 0.1) is 0 Å². The van der Waals surface area contributed by atoms with Crippen molar-refractivity contribution >= 4 is 11.6 Å². The van der Waals surface area contributed by atoms with E-state index in [1.54, 1.807) is 0 Å². The number of hydrogen-bond acceptors (Lipinski definition) is 2. The van der Waals surface area contributed by atoms with E-state index in [0.29, 0.717) is 6.42 Å². The van der Waals surface area contributed by atoms with Gasteiger partial charge in [-0.25, -0.2) is 0 Å². The summed E-state index contributed by atoms with van der Waals surface area (Å²) >= 11 is 0. The van der Waals surface area contributed by atoms with Gasteiger partial charge in [-0.1, -0.05) is 12.1 Å². The van der Waals surface area contributed by atoms with Gasteiger partial charge in [0.1, 0.15) is 0 Å². The van der Waals surface area contributed by atoms with Crippen LogP contribution in [0.15, 0.2) is 18.2 Å². The number of nitrogens with two attached hydrogens (primary N) is 1. The lowest BCUT2D eigenvalue weighted by atomic mass is 9.91. The van der Waals surface area contributed by atoms with E-state index in [1.807, 2.05) is 26.0 Å². The van der Waals surface area contributed by atoms with Gasteiger partial charge in [-0.15, -0.1) is 0 Å². The Hall–Kier alpha value is -1.35. The van der Waals surface area contributed by atoms with Crippen LogP contribution in [0.3, 0.4) is 0 Å². The quantitative estimate of drug-likeness (QED) is 0.732. The normalized spacial score (nSPS) is 15.8. The maximum absolute atomic E-state index is 11.2. The average Bonchev–Trinajstić information content (AvgIpc) is 2.15. The minimum atomic E-state index is -0.323. The number of anilines is 1. The number of fused-ring (bicyclic) bond motifs is 1. The lowest BCUT2D eigenvalue weighted by Crippen LogP contribution is -2.29. The van der Waals surface area contributed by atoms with Gasteiger partial charge in [-0.05, 0) is 37.5 Å². The van der Waals surface area contributed by atoms with Crippen LogP contribution in [0.4, 0.5) is 5.69 Å². The Balaban J connectivity index is 2.39.